The third kappa shape index (κ3) is 4.33. The molecule has 1 unspecified atom stereocenters. The van der Waals surface area contributed by atoms with Crippen LogP contribution in [0.2, 0.25) is 0 Å². The van der Waals surface area contributed by atoms with Gasteiger partial charge in [0.25, 0.3) is 5.69 Å². The van der Waals surface area contributed by atoms with Crippen molar-refractivity contribution in [2.75, 3.05) is 16.8 Å². The van der Waals surface area contributed by atoms with Crippen LogP contribution >= 0.6 is 11.3 Å². The maximum absolute atomic E-state index is 12.4. The van der Waals surface area contributed by atoms with E-state index in [0.717, 1.165) is 5.69 Å². The van der Waals surface area contributed by atoms with Gasteiger partial charge in [0, 0.05) is 36.7 Å². The van der Waals surface area contributed by atoms with E-state index < -0.39 is 4.92 Å². The van der Waals surface area contributed by atoms with Gasteiger partial charge in [-0.05, 0) is 17.7 Å². The Labute approximate surface area is 175 Å². The SMILES string of the molecule is O=C(Cc1ccc([N+](=O)[O-])cc1)Nc1nnc(C2CC(=O)N(c3ccccc3)C2)s1. The van der Waals surface area contributed by atoms with Crippen molar-refractivity contribution in [3.8, 4) is 0 Å². The second kappa shape index (κ2) is 8.37. The lowest BCUT2D eigenvalue weighted by molar-refractivity contribution is -0.384. The van der Waals surface area contributed by atoms with E-state index in [2.05, 4.69) is 15.5 Å². The van der Waals surface area contributed by atoms with Crippen LogP contribution in [0.15, 0.2) is 54.6 Å². The molecular weight excluding hydrogens is 406 g/mol. The molecule has 152 valence electrons. The van der Waals surface area contributed by atoms with Gasteiger partial charge >= 0.3 is 0 Å². The average Bonchev–Trinajstić information content (AvgIpc) is 3.35. The Balaban J connectivity index is 1.36. The fraction of sp³-hybridized carbons (Fsp3) is 0.200. The van der Waals surface area contributed by atoms with Gasteiger partial charge in [-0.25, -0.2) is 0 Å². The molecule has 1 aliphatic rings. The van der Waals surface area contributed by atoms with Crippen LogP contribution in [0.3, 0.4) is 0 Å². The van der Waals surface area contributed by atoms with Crippen LogP contribution in [-0.4, -0.2) is 33.5 Å². The Morgan fingerprint density at radius 2 is 1.90 bits per heavy atom. The molecule has 2 heterocycles. The molecule has 30 heavy (non-hydrogen) atoms. The highest BCUT2D eigenvalue weighted by Crippen LogP contribution is 2.34. The molecule has 0 bridgehead atoms. The third-order valence-corrected chi connectivity index (χ3v) is 5.74. The average molecular weight is 423 g/mol. The van der Waals surface area contributed by atoms with Gasteiger partial charge in [-0.2, -0.15) is 0 Å². The zero-order chi connectivity index (χ0) is 21.1. The normalized spacial score (nSPS) is 15.9. The standard InChI is InChI=1S/C20H17N5O4S/c26-17(10-13-6-8-16(9-7-13)25(28)29)21-20-23-22-19(30-20)14-11-18(27)24(12-14)15-4-2-1-3-5-15/h1-9,14H,10-12H2,(H,21,23,26). The number of nitro groups is 1. The second-order valence-electron chi connectivity index (χ2n) is 6.83. The first kappa shape index (κ1) is 19.6. The Morgan fingerprint density at radius 3 is 2.60 bits per heavy atom. The fourth-order valence-electron chi connectivity index (χ4n) is 3.26. The maximum Gasteiger partial charge on any atom is 0.269 e. The van der Waals surface area contributed by atoms with Gasteiger partial charge in [-0.15, -0.1) is 10.2 Å². The highest BCUT2D eigenvalue weighted by molar-refractivity contribution is 7.15. The zero-order valence-corrected chi connectivity index (χ0v) is 16.5. The highest BCUT2D eigenvalue weighted by atomic mass is 32.1. The van der Waals surface area contributed by atoms with Gasteiger partial charge in [0.05, 0.1) is 11.3 Å². The van der Waals surface area contributed by atoms with Gasteiger partial charge < -0.3 is 10.2 Å². The lowest BCUT2D eigenvalue weighted by Crippen LogP contribution is -2.24. The molecule has 1 aromatic heterocycles. The Bertz CT molecular complexity index is 1080. The summed E-state index contributed by atoms with van der Waals surface area (Å²) in [5, 5.41) is 22.6. The van der Waals surface area contributed by atoms with E-state index in [1.807, 2.05) is 30.3 Å². The van der Waals surface area contributed by atoms with Gasteiger partial charge in [0.2, 0.25) is 16.9 Å². The summed E-state index contributed by atoms with van der Waals surface area (Å²) in [7, 11) is 0. The largest absolute Gasteiger partial charge is 0.312 e. The first-order valence-electron chi connectivity index (χ1n) is 9.21. The van der Waals surface area contributed by atoms with Crippen molar-refractivity contribution in [3.05, 3.63) is 75.3 Å². The van der Waals surface area contributed by atoms with E-state index in [9.17, 15) is 19.7 Å². The van der Waals surface area contributed by atoms with Crippen LogP contribution in [0.4, 0.5) is 16.5 Å². The number of para-hydroxylation sites is 1. The number of aromatic nitrogens is 2. The van der Waals surface area contributed by atoms with E-state index in [4.69, 9.17) is 0 Å². The zero-order valence-electron chi connectivity index (χ0n) is 15.7. The lowest BCUT2D eigenvalue weighted by Gasteiger charge is -2.15. The molecule has 0 saturated carbocycles. The number of nitro benzene ring substituents is 1. The third-order valence-electron chi connectivity index (χ3n) is 4.74. The minimum Gasteiger partial charge on any atom is -0.312 e. The molecule has 4 rings (SSSR count). The molecule has 2 amide bonds. The predicted octanol–water partition coefficient (Wildman–Crippen LogP) is 3.15. The number of hydrogen-bond acceptors (Lipinski definition) is 7. The number of carbonyl (C=O) groups is 2. The number of nitrogens with one attached hydrogen (secondary N) is 1. The molecule has 1 N–H and O–H groups in total. The number of benzene rings is 2. The summed E-state index contributed by atoms with van der Waals surface area (Å²) in [6.07, 6.45) is 0.414. The summed E-state index contributed by atoms with van der Waals surface area (Å²) < 4.78 is 0. The molecule has 1 aliphatic heterocycles. The number of hydrogen-bond donors (Lipinski definition) is 1. The van der Waals surface area contributed by atoms with Crippen molar-refractivity contribution in [2.24, 2.45) is 0 Å². The molecule has 1 atom stereocenters. The summed E-state index contributed by atoms with van der Waals surface area (Å²) >= 11 is 1.25. The fourth-order valence-corrected chi connectivity index (χ4v) is 4.12. The number of non-ortho nitro benzene ring substituents is 1. The minimum absolute atomic E-state index is 0.0245. The van der Waals surface area contributed by atoms with Gasteiger partial charge in [-0.1, -0.05) is 41.7 Å². The van der Waals surface area contributed by atoms with Crippen molar-refractivity contribution in [3.63, 3.8) is 0 Å². The van der Waals surface area contributed by atoms with Crippen LogP contribution in [0.5, 0.6) is 0 Å². The van der Waals surface area contributed by atoms with E-state index in [-0.39, 0.29) is 29.8 Å². The monoisotopic (exact) mass is 423 g/mol. The van der Waals surface area contributed by atoms with Gasteiger partial charge in [-0.3, -0.25) is 19.7 Å². The van der Waals surface area contributed by atoms with Crippen LogP contribution in [0.25, 0.3) is 0 Å². The van der Waals surface area contributed by atoms with E-state index in [0.29, 0.717) is 28.7 Å². The Morgan fingerprint density at radius 1 is 1.17 bits per heavy atom. The first-order valence-corrected chi connectivity index (χ1v) is 10.0. The minimum atomic E-state index is -0.487. The highest BCUT2D eigenvalue weighted by Gasteiger charge is 2.33. The van der Waals surface area contributed by atoms with Crippen LogP contribution in [-0.2, 0) is 16.0 Å². The number of anilines is 2. The summed E-state index contributed by atoms with van der Waals surface area (Å²) in [6.45, 7) is 0.522. The van der Waals surface area contributed by atoms with Crippen molar-refractivity contribution in [1.82, 2.24) is 10.2 Å². The topological polar surface area (TPSA) is 118 Å². The summed E-state index contributed by atoms with van der Waals surface area (Å²) in [6, 6.07) is 15.3. The summed E-state index contributed by atoms with van der Waals surface area (Å²) in [4.78, 5) is 36.6. The van der Waals surface area contributed by atoms with Gasteiger partial charge in [0.15, 0.2) is 0 Å². The Hall–Kier alpha value is -3.66. The smallest absolute Gasteiger partial charge is 0.269 e. The van der Waals surface area contributed by atoms with Crippen molar-refractivity contribution >= 4 is 39.7 Å². The quantitative estimate of drug-likeness (QED) is 0.481. The van der Waals surface area contributed by atoms with Crippen molar-refractivity contribution in [1.29, 1.82) is 0 Å². The van der Waals surface area contributed by atoms with Crippen molar-refractivity contribution in [2.45, 2.75) is 18.8 Å². The van der Waals surface area contributed by atoms with Gasteiger partial charge in [0.1, 0.15) is 5.01 Å². The molecule has 1 saturated heterocycles. The molecular formula is C20H17N5O4S. The molecule has 2 aromatic carbocycles. The molecule has 0 radical (unpaired) electrons. The molecule has 0 aliphatic carbocycles. The Kier molecular flexibility index (Phi) is 5.48. The van der Waals surface area contributed by atoms with E-state index in [1.165, 1.54) is 23.5 Å². The molecule has 3 aromatic rings. The second-order valence-corrected chi connectivity index (χ2v) is 7.84. The van der Waals surface area contributed by atoms with Crippen LogP contribution in [0, 0.1) is 10.1 Å². The molecule has 0 spiro atoms. The molecule has 1 fully saturated rings. The lowest BCUT2D eigenvalue weighted by atomic mass is 10.1. The van der Waals surface area contributed by atoms with E-state index in [1.54, 1.807) is 17.0 Å². The van der Waals surface area contributed by atoms with Crippen molar-refractivity contribution < 1.29 is 14.5 Å². The molecule has 10 heteroatoms. The number of nitrogens with zero attached hydrogens (tertiary/aromatic N) is 4. The molecule has 9 nitrogen and oxygen atoms in total. The van der Waals surface area contributed by atoms with Crippen LogP contribution in [0.1, 0.15) is 22.9 Å². The van der Waals surface area contributed by atoms with E-state index >= 15 is 0 Å². The van der Waals surface area contributed by atoms with Crippen LogP contribution < -0.4 is 10.2 Å². The number of rotatable bonds is 6. The predicted molar refractivity (Wildman–Crippen MR) is 111 cm³/mol. The number of amides is 2. The summed E-state index contributed by atoms with van der Waals surface area (Å²) in [5.74, 6) is -0.333. The summed E-state index contributed by atoms with van der Waals surface area (Å²) in [5.41, 5.74) is 1.48. The maximum atomic E-state index is 12.4. The first-order chi connectivity index (χ1) is 14.5. The number of carbonyl (C=O) groups excluding carboxylic acids is 2.